The third-order valence-electron chi connectivity index (χ3n) is 1.65. The second-order valence-electron chi connectivity index (χ2n) is 2.69. The molecule has 0 saturated heterocycles. The third kappa shape index (κ3) is 2.87. The molecule has 0 aliphatic carbocycles. The Morgan fingerprint density at radius 1 is 1.46 bits per heavy atom. The fourth-order valence-corrected chi connectivity index (χ4v) is 1.08. The lowest BCUT2D eigenvalue weighted by Gasteiger charge is -2.13. The second kappa shape index (κ2) is 4.62. The zero-order valence-corrected chi connectivity index (χ0v) is 7.43. The van der Waals surface area contributed by atoms with Crippen LogP contribution in [0, 0.1) is 0 Å². The summed E-state index contributed by atoms with van der Waals surface area (Å²) in [5.74, 6) is -0.386. The maximum Gasteiger partial charge on any atom is 0.303 e. The smallest absolute Gasteiger partial charge is 0.303 e. The Morgan fingerprint density at radius 2 is 2.08 bits per heavy atom. The summed E-state index contributed by atoms with van der Waals surface area (Å²) >= 11 is 0. The summed E-state index contributed by atoms with van der Waals surface area (Å²) in [6, 6.07) is 9.16. The fraction of sp³-hybridized carbons (Fsp3) is 0.300. The maximum atomic E-state index is 10.7. The number of rotatable bonds is 3. The Labute approximate surface area is 77.0 Å². The van der Waals surface area contributed by atoms with Gasteiger partial charge in [-0.05, 0) is 5.56 Å². The number of esters is 1. The second-order valence-corrected chi connectivity index (χ2v) is 2.69. The predicted molar refractivity (Wildman–Crippen MR) is 48.0 cm³/mol. The van der Waals surface area contributed by atoms with E-state index in [1.165, 1.54) is 6.92 Å². The van der Waals surface area contributed by atoms with Crippen LogP contribution >= 0.6 is 0 Å². The molecular weight excluding hydrogens is 168 g/mol. The van der Waals surface area contributed by atoms with Crippen molar-refractivity contribution in [2.75, 3.05) is 6.61 Å². The van der Waals surface area contributed by atoms with E-state index in [0.29, 0.717) is 0 Å². The van der Waals surface area contributed by atoms with Gasteiger partial charge in [0.25, 0.3) is 0 Å². The van der Waals surface area contributed by atoms with E-state index in [1.807, 2.05) is 30.3 Å². The van der Waals surface area contributed by atoms with Crippen molar-refractivity contribution in [2.45, 2.75) is 13.0 Å². The number of carbonyl (C=O) groups excluding carboxylic acids is 1. The lowest BCUT2D eigenvalue weighted by atomic mass is 10.1. The first-order valence-electron chi connectivity index (χ1n) is 4.07. The van der Waals surface area contributed by atoms with Crippen LogP contribution in [0.2, 0.25) is 0 Å². The lowest BCUT2D eigenvalue weighted by molar-refractivity contribution is -0.148. The van der Waals surface area contributed by atoms with Crippen molar-refractivity contribution >= 4 is 5.97 Å². The number of aliphatic hydroxyl groups is 1. The molecule has 0 aliphatic heterocycles. The Hall–Kier alpha value is -1.35. The fourth-order valence-electron chi connectivity index (χ4n) is 1.08. The molecule has 0 radical (unpaired) electrons. The van der Waals surface area contributed by atoms with Crippen LogP contribution in [-0.2, 0) is 9.53 Å². The zero-order chi connectivity index (χ0) is 9.68. The van der Waals surface area contributed by atoms with Gasteiger partial charge < -0.3 is 9.84 Å². The first-order valence-corrected chi connectivity index (χ1v) is 4.07. The van der Waals surface area contributed by atoms with Gasteiger partial charge >= 0.3 is 5.97 Å². The number of benzene rings is 1. The highest BCUT2D eigenvalue weighted by Crippen LogP contribution is 2.15. The molecule has 3 heteroatoms. The van der Waals surface area contributed by atoms with E-state index in [9.17, 15) is 4.79 Å². The molecule has 1 aromatic rings. The summed E-state index contributed by atoms with van der Waals surface area (Å²) in [7, 11) is 0. The maximum absolute atomic E-state index is 10.7. The number of hydrogen-bond donors (Lipinski definition) is 1. The van der Waals surface area contributed by atoms with Gasteiger partial charge in [-0.1, -0.05) is 30.3 Å². The molecule has 1 atom stereocenters. The molecule has 1 N–H and O–H groups in total. The SMILES string of the molecule is CC(=O)O[C@@H](CO)c1ccccc1. The van der Waals surface area contributed by atoms with E-state index in [1.54, 1.807) is 0 Å². The molecule has 0 fully saturated rings. The van der Waals surface area contributed by atoms with Crippen molar-refractivity contribution in [1.82, 2.24) is 0 Å². The molecule has 0 spiro atoms. The van der Waals surface area contributed by atoms with E-state index in [0.717, 1.165) is 5.56 Å². The highest BCUT2D eigenvalue weighted by molar-refractivity contribution is 5.66. The topological polar surface area (TPSA) is 46.5 Å². The molecule has 0 unspecified atom stereocenters. The Morgan fingerprint density at radius 3 is 2.54 bits per heavy atom. The molecular formula is C10H12O3. The standard InChI is InChI=1S/C10H12O3/c1-8(12)13-10(7-11)9-5-3-2-4-6-9/h2-6,10-11H,7H2,1H3/t10-/m0/s1. The van der Waals surface area contributed by atoms with Crippen LogP contribution in [-0.4, -0.2) is 17.7 Å². The van der Waals surface area contributed by atoms with Gasteiger partial charge in [0, 0.05) is 6.92 Å². The van der Waals surface area contributed by atoms with Crippen molar-refractivity contribution in [2.24, 2.45) is 0 Å². The van der Waals surface area contributed by atoms with Crippen LogP contribution in [0.25, 0.3) is 0 Å². The molecule has 0 aromatic heterocycles. The number of hydrogen-bond acceptors (Lipinski definition) is 3. The van der Waals surface area contributed by atoms with Crippen LogP contribution in [0.1, 0.15) is 18.6 Å². The molecule has 0 heterocycles. The normalized spacial score (nSPS) is 12.2. The molecule has 1 rings (SSSR count). The largest absolute Gasteiger partial charge is 0.455 e. The zero-order valence-electron chi connectivity index (χ0n) is 7.43. The van der Waals surface area contributed by atoms with Crippen LogP contribution in [0.4, 0.5) is 0 Å². The van der Waals surface area contributed by atoms with Crippen molar-refractivity contribution < 1.29 is 14.6 Å². The first-order chi connectivity index (χ1) is 6.24. The molecule has 3 nitrogen and oxygen atoms in total. The number of carbonyl (C=O) groups is 1. The predicted octanol–water partition coefficient (Wildman–Crippen LogP) is 1.28. The van der Waals surface area contributed by atoms with Gasteiger partial charge in [0.05, 0.1) is 6.61 Å². The molecule has 0 saturated carbocycles. The lowest BCUT2D eigenvalue weighted by Crippen LogP contribution is -2.11. The van der Waals surface area contributed by atoms with Gasteiger partial charge in [0.1, 0.15) is 6.10 Å². The average Bonchev–Trinajstić information content (AvgIpc) is 2.15. The van der Waals surface area contributed by atoms with Crippen LogP contribution in [0.3, 0.4) is 0 Å². The summed E-state index contributed by atoms with van der Waals surface area (Å²) in [6.07, 6.45) is -0.543. The van der Waals surface area contributed by atoms with Crippen molar-refractivity contribution in [3.05, 3.63) is 35.9 Å². The summed E-state index contributed by atoms with van der Waals surface area (Å²) < 4.78 is 4.90. The van der Waals surface area contributed by atoms with Gasteiger partial charge in [0.15, 0.2) is 0 Å². The minimum absolute atomic E-state index is 0.191. The highest BCUT2D eigenvalue weighted by Gasteiger charge is 2.12. The average molecular weight is 180 g/mol. The molecule has 0 aliphatic rings. The number of ether oxygens (including phenoxy) is 1. The molecule has 1 aromatic carbocycles. The monoisotopic (exact) mass is 180 g/mol. The summed E-state index contributed by atoms with van der Waals surface area (Å²) in [6.45, 7) is 1.13. The Kier molecular flexibility index (Phi) is 3.46. The van der Waals surface area contributed by atoms with E-state index in [4.69, 9.17) is 9.84 Å². The van der Waals surface area contributed by atoms with Gasteiger partial charge in [0.2, 0.25) is 0 Å². The van der Waals surface area contributed by atoms with E-state index < -0.39 is 6.10 Å². The van der Waals surface area contributed by atoms with Crippen molar-refractivity contribution in [3.8, 4) is 0 Å². The van der Waals surface area contributed by atoms with Crippen LogP contribution in [0.15, 0.2) is 30.3 Å². The third-order valence-corrected chi connectivity index (χ3v) is 1.65. The quantitative estimate of drug-likeness (QED) is 0.713. The molecule has 13 heavy (non-hydrogen) atoms. The first kappa shape index (κ1) is 9.74. The highest BCUT2D eigenvalue weighted by atomic mass is 16.5. The van der Waals surface area contributed by atoms with E-state index in [-0.39, 0.29) is 12.6 Å². The van der Waals surface area contributed by atoms with Crippen LogP contribution < -0.4 is 0 Å². The molecule has 70 valence electrons. The minimum atomic E-state index is -0.543. The van der Waals surface area contributed by atoms with Gasteiger partial charge in [-0.2, -0.15) is 0 Å². The van der Waals surface area contributed by atoms with E-state index in [2.05, 4.69) is 0 Å². The summed E-state index contributed by atoms with van der Waals surface area (Å²) in [4.78, 5) is 10.7. The van der Waals surface area contributed by atoms with Crippen LogP contribution in [0.5, 0.6) is 0 Å². The molecule has 0 bridgehead atoms. The van der Waals surface area contributed by atoms with Gasteiger partial charge in [-0.15, -0.1) is 0 Å². The molecule has 0 amide bonds. The summed E-state index contributed by atoms with van der Waals surface area (Å²) in [5.41, 5.74) is 0.806. The number of aliphatic hydroxyl groups excluding tert-OH is 1. The van der Waals surface area contributed by atoms with Gasteiger partial charge in [-0.3, -0.25) is 4.79 Å². The minimum Gasteiger partial charge on any atom is -0.455 e. The Balaban J connectivity index is 2.73. The van der Waals surface area contributed by atoms with Crippen molar-refractivity contribution in [3.63, 3.8) is 0 Å². The van der Waals surface area contributed by atoms with Crippen molar-refractivity contribution in [1.29, 1.82) is 0 Å². The van der Waals surface area contributed by atoms with Gasteiger partial charge in [-0.25, -0.2) is 0 Å². The summed E-state index contributed by atoms with van der Waals surface area (Å²) in [5, 5.41) is 8.95. The Bertz CT molecular complexity index is 269. The van der Waals surface area contributed by atoms with E-state index >= 15 is 0 Å².